The van der Waals surface area contributed by atoms with Crippen LogP contribution in [0.2, 0.25) is 0 Å². The van der Waals surface area contributed by atoms with Crippen molar-refractivity contribution in [1.82, 2.24) is 10.6 Å². The van der Waals surface area contributed by atoms with Gasteiger partial charge in [0.15, 0.2) is 0 Å². The smallest absolute Gasteiger partial charge is 0.224 e. The van der Waals surface area contributed by atoms with Crippen molar-refractivity contribution in [1.29, 1.82) is 0 Å². The number of para-hydroxylation sites is 1. The van der Waals surface area contributed by atoms with Gasteiger partial charge in [-0.15, -0.1) is 12.4 Å². The summed E-state index contributed by atoms with van der Waals surface area (Å²) in [6.45, 7) is 4.64. The molecular formula is C18H23ClN2O2. The van der Waals surface area contributed by atoms with Gasteiger partial charge in [0.2, 0.25) is 5.91 Å². The first kappa shape index (κ1) is 16.3. The lowest BCUT2D eigenvalue weighted by molar-refractivity contribution is -0.123. The second-order valence-electron chi connectivity index (χ2n) is 6.73. The number of benzene rings is 1. The fraction of sp³-hybridized carbons (Fsp3) is 0.500. The minimum atomic E-state index is 0. The van der Waals surface area contributed by atoms with Gasteiger partial charge in [0.1, 0.15) is 11.3 Å². The standard InChI is InChI=1S/C18H22N2O2.ClH/c1-12-13-4-2-3-5-15(13)22-16(12)11-20-17(21)14-10-18(14)6-8-19-9-7-18;/h2-5,14,19H,6-11H2,1H3,(H,20,21);1H. The van der Waals surface area contributed by atoms with Crippen molar-refractivity contribution in [2.45, 2.75) is 32.7 Å². The number of hydrogen-bond donors (Lipinski definition) is 2. The molecule has 1 saturated carbocycles. The summed E-state index contributed by atoms with van der Waals surface area (Å²) in [5.74, 6) is 1.27. The predicted molar refractivity (Wildman–Crippen MR) is 92.7 cm³/mol. The Morgan fingerprint density at radius 1 is 1.35 bits per heavy atom. The van der Waals surface area contributed by atoms with Crippen molar-refractivity contribution in [3.05, 3.63) is 35.6 Å². The van der Waals surface area contributed by atoms with E-state index in [2.05, 4.69) is 23.6 Å². The largest absolute Gasteiger partial charge is 0.459 e. The topological polar surface area (TPSA) is 54.3 Å². The van der Waals surface area contributed by atoms with E-state index in [-0.39, 0.29) is 29.6 Å². The van der Waals surface area contributed by atoms with Gasteiger partial charge in [-0.2, -0.15) is 0 Å². The molecule has 1 saturated heterocycles. The fourth-order valence-corrected chi connectivity index (χ4v) is 3.88. The summed E-state index contributed by atoms with van der Waals surface area (Å²) in [6, 6.07) is 8.01. The van der Waals surface area contributed by atoms with E-state index in [1.165, 1.54) is 0 Å². The molecule has 4 nitrogen and oxygen atoms in total. The lowest BCUT2D eigenvalue weighted by Crippen LogP contribution is -2.33. The van der Waals surface area contributed by atoms with Gasteiger partial charge >= 0.3 is 0 Å². The zero-order chi connectivity index (χ0) is 15.2. The molecule has 1 aliphatic carbocycles. The van der Waals surface area contributed by atoms with E-state index in [0.29, 0.717) is 6.54 Å². The molecule has 0 bridgehead atoms. The molecule has 1 unspecified atom stereocenters. The quantitative estimate of drug-likeness (QED) is 0.906. The number of furan rings is 1. The van der Waals surface area contributed by atoms with Crippen molar-refractivity contribution in [2.75, 3.05) is 13.1 Å². The molecule has 124 valence electrons. The molecule has 2 fully saturated rings. The van der Waals surface area contributed by atoms with Crippen molar-refractivity contribution >= 4 is 29.3 Å². The normalized spacial score (nSPS) is 21.9. The monoisotopic (exact) mass is 334 g/mol. The number of nitrogens with one attached hydrogen (secondary N) is 2. The molecule has 2 N–H and O–H groups in total. The summed E-state index contributed by atoms with van der Waals surface area (Å²) in [4.78, 5) is 12.4. The van der Waals surface area contributed by atoms with Crippen molar-refractivity contribution in [3.8, 4) is 0 Å². The Hall–Kier alpha value is -1.52. The van der Waals surface area contributed by atoms with Crippen molar-refractivity contribution < 1.29 is 9.21 Å². The zero-order valence-electron chi connectivity index (χ0n) is 13.4. The van der Waals surface area contributed by atoms with E-state index < -0.39 is 0 Å². The third kappa shape index (κ3) is 2.86. The summed E-state index contributed by atoms with van der Waals surface area (Å²) >= 11 is 0. The van der Waals surface area contributed by atoms with E-state index in [9.17, 15) is 4.79 Å². The Kier molecular flexibility index (Phi) is 4.39. The number of carbonyl (C=O) groups is 1. The average Bonchev–Trinajstić information content (AvgIpc) is 3.14. The van der Waals surface area contributed by atoms with E-state index in [4.69, 9.17) is 4.42 Å². The summed E-state index contributed by atoms with van der Waals surface area (Å²) in [5, 5.41) is 7.59. The van der Waals surface area contributed by atoms with Crippen LogP contribution in [0.4, 0.5) is 0 Å². The Bertz CT molecular complexity index is 719. The number of aryl methyl sites for hydroxylation is 1. The van der Waals surface area contributed by atoms with Crippen LogP contribution in [0.1, 0.15) is 30.6 Å². The third-order valence-corrected chi connectivity index (χ3v) is 5.47. The Morgan fingerprint density at radius 3 is 2.83 bits per heavy atom. The number of amides is 1. The van der Waals surface area contributed by atoms with E-state index in [1.54, 1.807) is 0 Å². The molecule has 1 spiro atoms. The molecule has 1 aliphatic heterocycles. The second kappa shape index (κ2) is 6.17. The molecule has 5 heteroatoms. The van der Waals surface area contributed by atoms with Gasteiger partial charge in [0.25, 0.3) is 0 Å². The number of hydrogen-bond acceptors (Lipinski definition) is 3. The molecule has 1 atom stereocenters. The summed E-state index contributed by atoms with van der Waals surface area (Å²) in [5.41, 5.74) is 2.31. The number of rotatable bonds is 3. The minimum Gasteiger partial charge on any atom is -0.459 e. The lowest BCUT2D eigenvalue weighted by Gasteiger charge is -2.23. The van der Waals surface area contributed by atoms with Gasteiger partial charge in [0.05, 0.1) is 6.54 Å². The highest BCUT2D eigenvalue weighted by molar-refractivity contribution is 5.85. The number of carbonyl (C=O) groups excluding carboxylic acids is 1. The highest BCUT2D eigenvalue weighted by atomic mass is 35.5. The third-order valence-electron chi connectivity index (χ3n) is 5.47. The van der Waals surface area contributed by atoms with Gasteiger partial charge < -0.3 is 15.1 Å². The molecule has 1 aromatic heterocycles. The highest BCUT2D eigenvalue weighted by Gasteiger charge is 2.57. The Balaban J connectivity index is 0.00000156. The van der Waals surface area contributed by atoms with Crippen LogP contribution in [0, 0.1) is 18.3 Å². The first-order valence-electron chi connectivity index (χ1n) is 8.15. The summed E-state index contributed by atoms with van der Waals surface area (Å²) in [7, 11) is 0. The van der Waals surface area contributed by atoms with Crippen LogP contribution in [0.5, 0.6) is 0 Å². The van der Waals surface area contributed by atoms with Gasteiger partial charge in [0, 0.05) is 16.9 Å². The van der Waals surface area contributed by atoms with Gasteiger partial charge in [-0.25, -0.2) is 0 Å². The molecule has 1 amide bonds. The molecule has 2 aliphatic rings. The summed E-state index contributed by atoms with van der Waals surface area (Å²) < 4.78 is 5.86. The van der Waals surface area contributed by atoms with E-state index in [0.717, 1.165) is 54.6 Å². The molecule has 2 heterocycles. The molecule has 0 radical (unpaired) electrons. The van der Waals surface area contributed by atoms with Crippen LogP contribution in [-0.4, -0.2) is 19.0 Å². The van der Waals surface area contributed by atoms with E-state index in [1.807, 2.05) is 18.2 Å². The first-order chi connectivity index (χ1) is 10.7. The molecular weight excluding hydrogens is 312 g/mol. The van der Waals surface area contributed by atoms with Crippen LogP contribution in [-0.2, 0) is 11.3 Å². The highest BCUT2D eigenvalue weighted by Crippen LogP contribution is 2.58. The van der Waals surface area contributed by atoms with Gasteiger partial charge in [-0.05, 0) is 50.8 Å². The van der Waals surface area contributed by atoms with Gasteiger partial charge in [-0.1, -0.05) is 18.2 Å². The lowest BCUT2D eigenvalue weighted by atomic mass is 9.92. The van der Waals surface area contributed by atoms with Gasteiger partial charge in [-0.3, -0.25) is 4.79 Å². The number of fused-ring (bicyclic) bond motifs is 1. The first-order valence-corrected chi connectivity index (χ1v) is 8.15. The Morgan fingerprint density at radius 2 is 2.09 bits per heavy atom. The van der Waals surface area contributed by atoms with Crippen LogP contribution in [0.15, 0.2) is 28.7 Å². The maximum atomic E-state index is 12.4. The fourth-order valence-electron chi connectivity index (χ4n) is 3.88. The van der Waals surface area contributed by atoms with Crippen LogP contribution in [0.25, 0.3) is 11.0 Å². The zero-order valence-corrected chi connectivity index (χ0v) is 14.2. The Labute approximate surface area is 142 Å². The predicted octanol–water partition coefficient (Wildman–Crippen LogP) is 3.17. The minimum absolute atomic E-state index is 0. The van der Waals surface area contributed by atoms with Crippen LogP contribution in [0.3, 0.4) is 0 Å². The molecule has 2 aromatic rings. The second-order valence-corrected chi connectivity index (χ2v) is 6.73. The maximum Gasteiger partial charge on any atom is 0.224 e. The van der Waals surface area contributed by atoms with Crippen LogP contribution >= 0.6 is 12.4 Å². The van der Waals surface area contributed by atoms with Crippen molar-refractivity contribution in [2.24, 2.45) is 11.3 Å². The van der Waals surface area contributed by atoms with Crippen molar-refractivity contribution in [3.63, 3.8) is 0 Å². The SMILES string of the molecule is Cc1c(CNC(=O)C2CC23CCNCC3)oc2ccccc12.Cl. The number of piperidine rings is 1. The van der Waals surface area contributed by atoms with Crippen LogP contribution < -0.4 is 10.6 Å². The molecule has 1 aromatic carbocycles. The molecule has 23 heavy (non-hydrogen) atoms. The maximum absolute atomic E-state index is 12.4. The molecule has 4 rings (SSSR count). The van der Waals surface area contributed by atoms with E-state index >= 15 is 0 Å². The summed E-state index contributed by atoms with van der Waals surface area (Å²) in [6.07, 6.45) is 3.32. The average molecular weight is 335 g/mol. The number of halogens is 1.